The Labute approximate surface area is 163 Å². The molecule has 7 heteroatoms. The van der Waals surface area contributed by atoms with Crippen molar-refractivity contribution >= 4 is 17.1 Å². The zero-order valence-corrected chi connectivity index (χ0v) is 15.5. The van der Waals surface area contributed by atoms with Crippen molar-refractivity contribution in [3.05, 3.63) is 64.2 Å². The molecule has 0 radical (unpaired) electrons. The van der Waals surface area contributed by atoms with Crippen molar-refractivity contribution in [2.75, 3.05) is 0 Å². The molecule has 0 saturated heterocycles. The molecular weight excluding hydrogens is 358 g/mol. The topological polar surface area (TPSA) is 108 Å². The van der Waals surface area contributed by atoms with Crippen molar-refractivity contribution in [1.29, 1.82) is 0 Å². The summed E-state index contributed by atoms with van der Waals surface area (Å²) in [6.07, 6.45) is 5.75. The lowest BCUT2D eigenvalue weighted by atomic mass is 9.83. The second-order valence-corrected chi connectivity index (χ2v) is 7.03. The molecule has 0 bridgehead atoms. The number of nitro groups is 1. The third-order valence-electron chi connectivity index (χ3n) is 5.30. The van der Waals surface area contributed by atoms with Crippen molar-refractivity contribution in [3.8, 4) is 11.1 Å². The van der Waals surface area contributed by atoms with E-state index in [-0.39, 0.29) is 11.6 Å². The van der Waals surface area contributed by atoms with Crippen LogP contribution in [0, 0.1) is 16.0 Å². The molecule has 2 N–H and O–H groups in total. The van der Waals surface area contributed by atoms with Gasteiger partial charge in [0.25, 0.3) is 5.69 Å². The minimum atomic E-state index is -0.427. The standard InChI is InChI=1S/C21H23N3O4/c25-22-20(17-4-2-1-3-5-17)14-21(23-26)18-8-6-15(7-9-18)16-10-12-19(13-11-16)24(27)28/h6-13,17,25-26H,1-5,14H2/b22-20-,23-21-. The van der Waals surface area contributed by atoms with Gasteiger partial charge in [0.05, 0.1) is 16.3 Å². The molecule has 1 saturated carbocycles. The van der Waals surface area contributed by atoms with Crippen LogP contribution in [0.5, 0.6) is 0 Å². The van der Waals surface area contributed by atoms with E-state index in [1.807, 2.05) is 24.3 Å². The fraction of sp³-hybridized carbons (Fsp3) is 0.333. The molecule has 0 heterocycles. The maximum absolute atomic E-state index is 10.8. The van der Waals surface area contributed by atoms with E-state index in [0.717, 1.165) is 42.4 Å². The van der Waals surface area contributed by atoms with Gasteiger partial charge in [-0.15, -0.1) is 0 Å². The van der Waals surface area contributed by atoms with Crippen LogP contribution in [0.3, 0.4) is 0 Å². The number of nitrogens with zero attached hydrogens (tertiary/aromatic N) is 3. The van der Waals surface area contributed by atoms with Crippen LogP contribution >= 0.6 is 0 Å². The number of hydrogen-bond acceptors (Lipinski definition) is 6. The number of rotatable bonds is 6. The summed E-state index contributed by atoms with van der Waals surface area (Å²) in [6.45, 7) is 0. The minimum absolute atomic E-state index is 0.0496. The Morgan fingerprint density at radius 2 is 1.50 bits per heavy atom. The molecule has 7 nitrogen and oxygen atoms in total. The van der Waals surface area contributed by atoms with Gasteiger partial charge in [-0.25, -0.2) is 0 Å². The van der Waals surface area contributed by atoms with Crippen molar-refractivity contribution in [1.82, 2.24) is 0 Å². The van der Waals surface area contributed by atoms with Gasteiger partial charge in [0.2, 0.25) is 0 Å². The molecule has 0 amide bonds. The lowest BCUT2D eigenvalue weighted by Gasteiger charge is -2.22. The van der Waals surface area contributed by atoms with Gasteiger partial charge in [-0.05, 0) is 41.7 Å². The first kappa shape index (κ1) is 19.5. The maximum atomic E-state index is 10.8. The Morgan fingerprint density at radius 3 is 2.00 bits per heavy atom. The largest absolute Gasteiger partial charge is 0.411 e. The third kappa shape index (κ3) is 4.54. The molecule has 1 aliphatic carbocycles. The van der Waals surface area contributed by atoms with Crippen molar-refractivity contribution in [3.63, 3.8) is 0 Å². The quantitative estimate of drug-likeness (QED) is 0.309. The molecule has 146 valence electrons. The average Bonchev–Trinajstić information content (AvgIpc) is 2.75. The van der Waals surface area contributed by atoms with Crippen LogP contribution < -0.4 is 0 Å². The first-order valence-corrected chi connectivity index (χ1v) is 9.39. The molecule has 0 atom stereocenters. The summed E-state index contributed by atoms with van der Waals surface area (Å²) >= 11 is 0. The molecule has 1 aliphatic rings. The van der Waals surface area contributed by atoms with Crippen LogP contribution in [-0.4, -0.2) is 26.8 Å². The second-order valence-electron chi connectivity index (χ2n) is 7.03. The Balaban J connectivity index is 1.74. The van der Waals surface area contributed by atoms with E-state index in [9.17, 15) is 20.5 Å². The van der Waals surface area contributed by atoms with Crippen LogP contribution in [0.15, 0.2) is 58.8 Å². The molecular formula is C21H23N3O4. The fourth-order valence-electron chi connectivity index (χ4n) is 3.69. The van der Waals surface area contributed by atoms with Crippen LogP contribution in [0.2, 0.25) is 0 Å². The van der Waals surface area contributed by atoms with Gasteiger partial charge in [-0.3, -0.25) is 10.1 Å². The summed E-state index contributed by atoms with van der Waals surface area (Å²) in [6, 6.07) is 13.8. The molecule has 3 rings (SSSR count). The molecule has 0 aliphatic heterocycles. The zero-order chi connectivity index (χ0) is 19.9. The molecule has 0 aromatic heterocycles. The zero-order valence-electron chi connectivity index (χ0n) is 15.5. The summed E-state index contributed by atoms with van der Waals surface area (Å²) in [4.78, 5) is 10.3. The van der Waals surface area contributed by atoms with Gasteiger partial charge in [-0.1, -0.05) is 53.8 Å². The number of nitro benzene ring substituents is 1. The van der Waals surface area contributed by atoms with Crippen molar-refractivity contribution in [2.45, 2.75) is 38.5 Å². The van der Waals surface area contributed by atoms with E-state index in [1.165, 1.54) is 18.6 Å². The predicted octanol–water partition coefficient (Wildman–Crippen LogP) is 5.24. The van der Waals surface area contributed by atoms with Gasteiger partial charge >= 0.3 is 0 Å². The smallest absolute Gasteiger partial charge is 0.269 e. The molecule has 28 heavy (non-hydrogen) atoms. The van der Waals surface area contributed by atoms with E-state index in [2.05, 4.69) is 10.3 Å². The van der Waals surface area contributed by atoms with E-state index < -0.39 is 4.92 Å². The Morgan fingerprint density at radius 1 is 0.929 bits per heavy atom. The van der Waals surface area contributed by atoms with E-state index >= 15 is 0 Å². The maximum Gasteiger partial charge on any atom is 0.269 e. The summed E-state index contributed by atoms with van der Waals surface area (Å²) in [7, 11) is 0. The SMILES string of the molecule is O=[N+]([O-])c1ccc(-c2ccc(/C(C/C(=N/O)C3CCCCC3)=N\O)cc2)cc1. The lowest BCUT2D eigenvalue weighted by Crippen LogP contribution is -2.21. The van der Waals surface area contributed by atoms with Gasteiger partial charge in [-0.2, -0.15) is 0 Å². The van der Waals surface area contributed by atoms with Crippen LogP contribution in [-0.2, 0) is 0 Å². The highest BCUT2D eigenvalue weighted by molar-refractivity contribution is 6.12. The fourth-order valence-corrected chi connectivity index (χ4v) is 3.69. The highest BCUT2D eigenvalue weighted by Crippen LogP contribution is 2.27. The number of hydrogen-bond donors (Lipinski definition) is 2. The van der Waals surface area contributed by atoms with E-state index in [4.69, 9.17) is 0 Å². The Hall–Kier alpha value is -3.22. The number of benzene rings is 2. The normalized spacial score (nSPS) is 16.1. The minimum Gasteiger partial charge on any atom is -0.411 e. The van der Waals surface area contributed by atoms with Crippen molar-refractivity contribution in [2.24, 2.45) is 16.2 Å². The van der Waals surface area contributed by atoms with E-state index in [1.54, 1.807) is 12.1 Å². The molecule has 0 unspecified atom stereocenters. The van der Waals surface area contributed by atoms with Crippen LogP contribution in [0.1, 0.15) is 44.1 Å². The summed E-state index contributed by atoms with van der Waals surface area (Å²) in [5.41, 5.74) is 3.66. The summed E-state index contributed by atoms with van der Waals surface area (Å²) in [5.74, 6) is 0.231. The Kier molecular flexibility index (Phi) is 6.37. The molecule has 1 fully saturated rings. The van der Waals surface area contributed by atoms with Gasteiger partial charge in [0.15, 0.2) is 0 Å². The Bertz CT molecular complexity index is 868. The molecule has 2 aromatic carbocycles. The van der Waals surface area contributed by atoms with E-state index in [0.29, 0.717) is 17.8 Å². The van der Waals surface area contributed by atoms with Crippen LogP contribution in [0.4, 0.5) is 5.69 Å². The predicted molar refractivity (Wildman–Crippen MR) is 107 cm³/mol. The molecule has 0 spiro atoms. The first-order chi connectivity index (χ1) is 13.6. The second kappa shape index (κ2) is 9.12. The van der Waals surface area contributed by atoms with Gasteiger partial charge in [0, 0.05) is 24.5 Å². The summed E-state index contributed by atoms with van der Waals surface area (Å²) < 4.78 is 0. The monoisotopic (exact) mass is 381 g/mol. The van der Waals surface area contributed by atoms with Crippen LogP contribution in [0.25, 0.3) is 11.1 Å². The number of non-ortho nitro benzene ring substituents is 1. The number of oxime groups is 2. The van der Waals surface area contributed by atoms with Crippen molar-refractivity contribution < 1.29 is 15.3 Å². The summed E-state index contributed by atoms with van der Waals surface area (Å²) in [5, 5.41) is 36.6. The lowest BCUT2D eigenvalue weighted by molar-refractivity contribution is -0.384. The molecule has 2 aromatic rings. The van der Waals surface area contributed by atoms with Gasteiger partial charge in [0.1, 0.15) is 0 Å². The third-order valence-corrected chi connectivity index (χ3v) is 5.30. The highest BCUT2D eigenvalue weighted by Gasteiger charge is 2.22. The average molecular weight is 381 g/mol. The first-order valence-electron chi connectivity index (χ1n) is 9.39. The highest BCUT2D eigenvalue weighted by atomic mass is 16.6. The van der Waals surface area contributed by atoms with Gasteiger partial charge < -0.3 is 10.4 Å².